The van der Waals surface area contributed by atoms with Crippen molar-refractivity contribution in [2.75, 3.05) is 20.6 Å². The summed E-state index contributed by atoms with van der Waals surface area (Å²) in [6.45, 7) is 7.50. The van der Waals surface area contributed by atoms with Crippen molar-refractivity contribution in [2.45, 2.75) is 45.7 Å². The van der Waals surface area contributed by atoms with Crippen LogP contribution in [0.3, 0.4) is 0 Å². The molecule has 2 atom stereocenters. The highest BCUT2D eigenvalue weighted by Gasteiger charge is 2.15. The number of amidine groups is 1. The van der Waals surface area contributed by atoms with Gasteiger partial charge in [0.15, 0.2) is 0 Å². The summed E-state index contributed by atoms with van der Waals surface area (Å²) < 4.78 is 0. The van der Waals surface area contributed by atoms with E-state index in [0.717, 1.165) is 13.0 Å². The van der Waals surface area contributed by atoms with Crippen LogP contribution in [0.2, 0.25) is 0 Å². The lowest BCUT2D eigenvalue weighted by Gasteiger charge is -2.27. The Labute approximate surface area is 105 Å². The predicted molar refractivity (Wildman–Crippen MR) is 72.4 cm³/mol. The molecular formula is C12H28N4O. The summed E-state index contributed by atoms with van der Waals surface area (Å²) in [6, 6.07) is 0.654. The zero-order chi connectivity index (χ0) is 13.4. The standard InChI is InChI=1S/C12H28N4O/c1-9(2)6-11(8-16(4)5)14-10(3)7-12(13)15-17/h9-11,14,17H,6-8H2,1-5H3,(H2,13,15). The van der Waals surface area contributed by atoms with Crippen LogP contribution in [0.4, 0.5) is 0 Å². The summed E-state index contributed by atoms with van der Waals surface area (Å²) in [5.74, 6) is 0.932. The second-order valence-corrected chi connectivity index (χ2v) is 5.45. The monoisotopic (exact) mass is 244 g/mol. The van der Waals surface area contributed by atoms with E-state index >= 15 is 0 Å². The first-order valence-corrected chi connectivity index (χ1v) is 6.22. The molecule has 0 radical (unpaired) electrons. The number of nitrogens with one attached hydrogen (secondary N) is 1. The first-order valence-electron chi connectivity index (χ1n) is 6.22. The topological polar surface area (TPSA) is 73.9 Å². The number of rotatable bonds is 8. The van der Waals surface area contributed by atoms with Gasteiger partial charge < -0.3 is 21.2 Å². The van der Waals surface area contributed by atoms with Gasteiger partial charge in [0.2, 0.25) is 0 Å². The highest BCUT2D eigenvalue weighted by atomic mass is 16.4. The van der Waals surface area contributed by atoms with Crippen molar-refractivity contribution in [2.24, 2.45) is 16.8 Å². The van der Waals surface area contributed by atoms with E-state index in [1.807, 2.05) is 0 Å². The molecule has 17 heavy (non-hydrogen) atoms. The lowest BCUT2D eigenvalue weighted by atomic mass is 10.0. The van der Waals surface area contributed by atoms with Crippen LogP contribution in [0.1, 0.15) is 33.6 Å². The van der Waals surface area contributed by atoms with Gasteiger partial charge in [0, 0.05) is 25.0 Å². The van der Waals surface area contributed by atoms with E-state index in [9.17, 15) is 0 Å². The van der Waals surface area contributed by atoms with E-state index in [1.54, 1.807) is 0 Å². The number of nitrogens with two attached hydrogens (primary N) is 1. The number of likely N-dealkylation sites (N-methyl/N-ethyl adjacent to an activating group) is 1. The zero-order valence-electron chi connectivity index (χ0n) is 11.8. The first kappa shape index (κ1) is 16.2. The number of hydrogen-bond acceptors (Lipinski definition) is 4. The molecular weight excluding hydrogens is 216 g/mol. The van der Waals surface area contributed by atoms with E-state index in [0.29, 0.717) is 18.4 Å². The molecule has 0 heterocycles. The second kappa shape index (κ2) is 8.31. The molecule has 0 aromatic heterocycles. The normalized spacial score (nSPS) is 16.5. The highest BCUT2D eigenvalue weighted by Crippen LogP contribution is 2.07. The average molecular weight is 244 g/mol. The fourth-order valence-corrected chi connectivity index (χ4v) is 2.02. The fourth-order valence-electron chi connectivity index (χ4n) is 2.02. The molecule has 2 unspecified atom stereocenters. The maximum atomic E-state index is 8.54. The van der Waals surface area contributed by atoms with E-state index in [-0.39, 0.29) is 11.9 Å². The molecule has 0 fully saturated rings. The lowest BCUT2D eigenvalue weighted by molar-refractivity contribution is 0.288. The maximum Gasteiger partial charge on any atom is 0.140 e. The minimum Gasteiger partial charge on any atom is -0.409 e. The third-order valence-corrected chi connectivity index (χ3v) is 2.51. The summed E-state index contributed by atoms with van der Waals surface area (Å²) in [5.41, 5.74) is 5.50. The Hall–Kier alpha value is -0.810. The summed E-state index contributed by atoms with van der Waals surface area (Å²) in [4.78, 5) is 2.18. The van der Waals surface area contributed by atoms with Gasteiger partial charge in [-0.05, 0) is 33.4 Å². The summed E-state index contributed by atoms with van der Waals surface area (Å²) >= 11 is 0. The number of nitrogens with zero attached hydrogens (tertiary/aromatic N) is 2. The van der Waals surface area contributed by atoms with Crippen molar-refractivity contribution in [3.8, 4) is 0 Å². The van der Waals surface area contributed by atoms with Crippen molar-refractivity contribution >= 4 is 5.84 Å². The molecule has 0 aliphatic heterocycles. The van der Waals surface area contributed by atoms with E-state index in [1.165, 1.54) is 0 Å². The predicted octanol–water partition coefficient (Wildman–Crippen LogP) is 1.08. The van der Waals surface area contributed by atoms with Gasteiger partial charge in [0.05, 0.1) is 0 Å². The number of hydrogen-bond donors (Lipinski definition) is 3. The minimum absolute atomic E-state index is 0.217. The van der Waals surface area contributed by atoms with Gasteiger partial charge in [-0.15, -0.1) is 0 Å². The minimum atomic E-state index is 0.217. The van der Waals surface area contributed by atoms with E-state index in [4.69, 9.17) is 10.9 Å². The molecule has 0 rings (SSSR count). The van der Waals surface area contributed by atoms with Crippen molar-refractivity contribution in [1.82, 2.24) is 10.2 Å². The van der Waals surface area contributed by atoms with Crippen molar-refractivity contribution in [1.29, 1.82) is 0 Å². The van der Waals surface area contributed by atoms with Crippen LogP contribution in [0, 0.1) is 5.92 Å². The maximum absolute atomic E-state index is 8.54. The second-order valence-electron chi connectivity index (χ2n) is 5.45. The van der Waals surface area contributed by atoms with Gasteiger partial charge in [0.25, 0.3) is 0 Å². The van der Waals surface area contributed by atoms with Crippen LogP contribution >= 0.6 is 0 Å². The Morgan fingerprint density at radius 3 is 2.35 bits per heavy atom. The summed E-state index contributed by atoms with van der Waals surface area (Å²) in [7, 11) is 4.15. The Kier molecular flexibility index (Phi) is 7.91. The van der Waals surface area contributed by atoms with E-state index < -0.39 is 0 Å². The Balaban J connectivity index is 4.21. The smallest absolute Gasteiger partial charge is 0.140 e. The molecule has 0 aliphatic carbocycles. The van der Waals surface area contributed by atoms with Gasteiger partial charge in [-0.2, -0.15) is 0 Å². The van der Waals surface area contributed by atoms with Gasteiger partial charge in [-0.25, -0.2) is 0 Å². The van der Waals surface area contributed by atoms with Crippen molar-refractivity contribution in [3.63, 3.8) is 0 Å². The van der Waals surface area contributed by atoms with Crippen LogP contribution in [-0.4, -0.2) is 48.7 Å². The van der Waals surface area contributed by atoms with Crippen molar-refractivity contribution < 1.29 is 5.21 Å². The van der Waals surface area contributed by atoms with Gasteiger partial charge >= 0.3 is 0 Å². The molecule has 0 saturated carbocycles. The first-order chi connectivity index (χ1) is 7.85. The fraction of sp³-hybridized carbons (Fsp3) is 0.917. The van der Waals surface area contributed by atoms with Crippen LogP contribution in [0.5, 0.6) is 0 Å². The quantitative estimate of drug-likeness (QED) is 0.258. The van der Waals surface area contributed by atoms with Crippen LogP contribution in [0.15, 0.2) is 5.16 Å². The molecule has 0 amide bonds. The van der Waals surface area contributed by atoms with Crippen LogP contribution in [0.25, 0.3) is 0 Å². The lowest BCUT2D eigenvalue weighted by Crippen LogP contribution is -2.44. The molecule has 102 valence electrons. The average Bonchev–Trinajstić information content (AvgIpc) is 2.14. The molecule has 4 N–H and O–H groups in total. The molecule has 0 saturated heterocycles. The molecule has 5 nitrogen and oxygen atoms in total. The molecule has 5 heteroatoms. The van der Waals surface area contributed by atoms with Crippen LogP contribution in [-0.2, 0) is 0 Å². The third-order valence-electron chi connectivity index (χ3n) is 2.51. The van der Waals surface area contributed by atoms with E-state index in [2.05, 4.69) is 50.2 Å². The van der Waals surface area contributed by atoms with Gasteiger partial charge in [-0.1, -0.05) is 19.0 Å². The third kappa shape index (κ3) is 8.94. The molecule has 0 spiro atoms. The summed E-state index contributed by atoms with van der Waals surface area (Å²) in [6.07, 6.45) is 1.69. The molecule has 0 aliphatic rings. The molecule has 0 aromatic rings. The largest absolute Gasteiger partial charge is 0.409 e. The zero-order valence-corrected chi connectivity index (χ0v) is 11.8. The molecule has 0 aromatic carbocycles. The van der Waals surface area contributed by atoms with Crippen LogP contribution < -0.4 is 11.1 Å². The van der Waals surface area contributed by atoms with Gasteiger partial charge in [-0.3, -0.25) is 0 Å². The Morgan fingerprint density at radius 1 is 1.35 bits per heavy atom. The molecule has 0 bridgehead atoms. The van der Waals surface area contributed by atoms with Gasteiger partial charge in [0.1, 0.15) is 5.84 Å². The summed E-state index contributed by atoms with van der Waals surface area (Å²) in [5, 5.41) is 15.1. The Bertz CT molecular complexity index is 219. The van der Waals surface area contributed by atoms with Crippen molar-refractivity contribution in [3.05, 3.63) is 0 Å². The SMILES string of the molecule is CC(C)CC(CN(C)C)NC(C)CC(N)=NO. The Morgan fingerprint density at radius 2 is 1.94 bits per heavy atom. The number of oxime groups is 1. The highest BCUT2D eigenvalue weighted by molar-refractivity contribution is 5.80.